The number of hydrogen-bond acceptors (Lipinski definition) is 5. The number of fused-ring (bicyclic) bond motifs is 1. The number of Topliss-reactive ketones (excluding diaryl/α,β-unsaturated/α-hetero) is 2. The summed E-state index contributed by atoms with van der Waals surface area (Å²) in [6, 6.07) is 1.86. The smallest absolute Gasteiger partial charge is 0.331 e. The van der Waals surface area contributed by atoms with E-state index in [1.807, 2.05) is 6.07 Å². The number of rotatable bonds is 4. The fourth-order valence-corrected chi connectivity index (χ4v) is 3.67. The maximum atomic E-state index is 12.7. The SMILES string of the molecule is CC(=O)c1c(C)[nH]c(C(=O)Cn2c(=O)c(C#N)c3n(c2=O)CCC3)c1C. The molecule has 134 valence electrons. The Balaban J connectivity index is 2.09. The second kappa shape index (κ2) is 6.26. The van der Waals surface area contributed by atoms with Crippen LogP contribution in [-0.2, 0) is 19.5 Å². The molecule has 0 radical (unpaired) electrons. The Morgan fingerprint density at radius 3 is 2.54 bits per heavy atom. The molecule has 0 amide bonds. The van der Waals surface area contributed by atoms with Crippen molar-refractivity contribution in [1.29, 1.82) is 5.26 Å². The van der Waals surface area contributed by atoms with Crippen LogP contribution in [0.5, 0.6) is 0 Å². The molecule has 0 unspecified atom stereocenters. The lowest BCUT2D eigenvalue weighted by atomic mass is 10.1. The first kappa shape index (κ1) is 17.6. The predicted molar refractivity (Wildman–Crippen MR) is 92.6 cm³/mol. The summed E-state index contributed by atoms with van der Waals surface area (Å²) in [5.41, 5.74) is 0.723. The van der Waals surface area contributed by atoms with Crippen LogP contribution >= 0.6 is 0 Å². The topological polar surface area (TPSA) is 118 Å². The summed E-state index contributed by atoms with van der Waals surface area (Å²) >= 11 is 0. The van der Waals surface area contributed by atoms with Gasteiger partial charge in [-0.3, -0.25) is 23.5 Å². The lowest BCUT2D eigenvalue weighted by Gasteiger charge is -2.10. The van der Waals surface area contributed by atoms with E-state index in [2.05, 4.69) is 4.98 Å². The summed E-state index contributed by atoms with van der Waals surface area (Å²) in [7, 11) is 0. The summed E-state index contributed by atoms with van der Waals surface area (Å²) in [5.74, 6) is -0.656. The van der Waals surface area contributed by atoms with Gasteiger partial charge in [0, 0.05) is 23.5 Å². The molecule has 0 aliphatic carbocycles. The average Bonchev–Trinajstić information content (AvgIpc) is 3.16. The van der Waals surface area contributed by atoms with Crippen LogP contribution in [0.3, 0.4) is 0 Å². The molecule has 8 nitrogen and oxygen atoms in total. The van der Waals surface area contributed by atoms with E-state index < -0.39 is 23.6 Å². The minimum atomic E-state index is -0.744. The molecule has 1 aliphatic heterocycles. The van der Waals surface area contributed by atoms with Crippen LogP contribution in [0.15, 0.2) is 9.59 Å². The van der Waals surface area contributed by atoms with Crippen molar-refractivity contribution >= 4 is 11.6 Å². The lowest BCUT2D eigenvalue weighted by Crippen LogP contribution is -2.43. The molecule has 1 aliphatic rings. The first-order chi connectivity index (χ1) is 12.3. The molecule has 3 rings (SSSR count). The first-order valence-corrected chi connectivity index (χ1v) is 8.27. The average molecular weight is 354 g/mol. The number of carbonyl (C=O) groups excluding carboxylic acids is 2. The first-order valence-electron chi connectivity index (χ1n) is 8.27. The number of nitrogens with zero attached hydrogens (tertiary/aromatic N) is 3. The number of aryl methyl sites for hydroxylation is 1. The maximum Gasteiger partial charge on any atom is 0.331 e. The predicted octanol–water partition coefficient (Wildman–Crippen LogP) is 0.858. The second-order valence-electron chi connectivity index (χ2n) is 6.47. The van der Waals surface area contributed by atoms with E-state index in [1.165, 1.54) is 11.5 Å². The molecule has 0 fully saturated rings. The quantitative estimate of drug-likeness (QED) is 0.817. The highest BCUT2D eigenvalue weighted by molar-refractivity contribution is 6.03. The van der Waals surface area contributed by atoms with Gasteiger partial charge in [-0.05, 0) is 39.2 Å². The fraction of sp³-hybridized carbons (Fsp3) is 0.389. The fourth-order valence-electron chi connectivity index (χ4n) is 3.67. The molecule has 0 spiro atoms. The lowest BCUT2D eigenvalue weighted by molar-refractivity contribution is 0.0963. The van der Waals surface area contributed by atoms with Gasteiger partial charge >= 0.3 is 5.69 Å². The molecule has 0 aromatic carbocycles. The van der Waals surface area contributed by atoms with Crippen molar-refractivity contribution in [3.8, 4) is 6.07 Å². The number of nitrogens with one attached hydrogen (secondary N) is 1. The number of aromatic amines is 1. The Morgan fingerprint density at radius 2 is 1.96 bits per heavy atom. The highest BCUT2D eigenvalue weighted by atomic mass is 16.2. The van der Waals surface area contributed by atoms with Gasteiger partial charge in [-0.2, -0.15) is 5.26 Å². The van der Waals surface area contributed by atoms with Gasteiger partial charge < -0.3 is 4.98 Å². The molecule has 2 aromatic rings. The second-order valence-corrected chi connectivity index (χ2v) is 6.47. The Kier molecular flexibility index (Phi) is 4.24. The van der Waals surface area contributed by atoms with Gasteiger partial charge in [0.05, 0.1) is 12.2 Å². The molecule has 0 bridgehead atoms. The van der Waals surface area contributed by atoms with E-state index >= 15 is 0 Å². The zero-order valence-corrected chi connectivity index (χ0v) is 14.8. The monoisotopic (exact) mass is 354 g/mol. The Labute approximate surface area is 148 Å². The summed E-state index contributed by atoms with van der Waals surface area (Å²) in [4.78, 5) is 52.4. The zero-order valence-electron chi connectivity index (χ0n) is 14.8. The largest absolute Gasteiger partial charge is 0.355 e. The van der Waals surface area contributed by atoms with Crippen LogP contribution in [0.25, 0.3) is 0 Å². The molecule has 8 heteroatoms. The van der Waals surface area contributed by atoms with Gasteiger partial charge in [0.15, 0.2) is 11.6 Å². The normalized spacial score (nSPS) is 12.7. The van der Waals surface area contributed by atoms with E-state index in [-0.39, 0.29) is 17.0 Å². The van der Waals surface area contributed by atoms with Gasteiger partial charge in [0.2, 0.25) is 0 Å². The van der Waals surface area contributed by atoms with Crippen LogP contribution in [-0.4, -0.2) is 25.7 Å². The minimum absolute atomic E-state index is 0.0845. The van der Waals surface area contributed by atoms with Gasteiger partial charge in [-0.15, -0.1) is 0 Å². The summed E-state index contributed by atoms with van der Waals surface area (Å²) in [5, 5.41) is 9.29. The Bertz CT molecular complexity index is 1110. The van der Waals surface area contributed by atoms with Gasteiger partial charge in [-0.1, -0.05) is 0 Å². The molecule has 0 saturated carbocycles. The van der Waals surface area contributed by atoms with Gasteiger partial charge in [0.25, 0.3) is 5.56 Å². The number of aromatic nitrogens is 3. The summed E-state index contributed by atoms with van der Waals surface area (Å²) in [6.45, 7) is 4.68. The van der Waals surface area contributed by atoms with E-state index in [0.29, 0.717) is 41.9 Å². The summed E-state index contributed by atoms with van der Waals surface area (Å²) < 4.78 is 2.19. The molecule has 26 heavy (non-hydrogen) atoms. The van der Waals surface area contributed by atoms with Crippen molar-refractivity contribution in [3.05, 3.63) is 54.6 Å². The van der Waals surface area contributed by atoms with Crippen molar-refractivity contribution in [2.75, 3.05) is 0 Å². The standard InChI is InChI=1S/C18H18N4O4/c1-9-15(11(3)23)10(2)20-16(9)14(24)8-22-17(25)12(7-19)13-5-4-6-21(13)18(22)26/h20H,4-6,8H2,1-3H3. The number of carbonyl (C=O) groups is 2. The number of H-pyrrole nitrogens is 1. The van der Waals surface area contributed by atoms with E-state index in [9.17, 15) is 24.4 Å². The van der Waals surface area contributed by atoms with Gasteiger partial charge in [-0.25, -0.2) is 4.79 Å². The number of nitriles is 1. The van der Waals surface area contributed by atoms with Crippen LogP contribution in [0.2, 0.25) is 0 Å². The Morgan fingerprint density at radius 1 is 1.27 bits per heavy atom. The van der Waals surface area contributed by atoms with Crippen LogP contribution < -0.4 is 11.2 Å². The third-order valence-corrected chi connectivity index (χ3v) is 4.81. The van der Waals surface area contributed by atoms with E-state index in [0.717, 1.165) is 4.57 Å². The van der Waals surface area contributed by atoms with Gasteiger partial charge in [0.1, 0.15) is 11.6 Å². The van der Waals surface area contributed by atoms with Crippen molar-refractivity contribution < 1.29 is 9.59 Å². The summed E-state index contributed by atoms with van der Waals surface area (Å²) in [6.07, 6.45) is 1.18. The van der Waals surface area contributed by atoms with Crippen molar-refractivity contribution in [3.63, 3.8) is 0 Å². The van der Waals surface area contributed by atoms with E-state index in [1.54, 1.807) is 13.8 Å². The third kappa shape index (κ3) is 2.52. The molecular formula is C18H18N4O4. The third-order valence-electron chi connectivity index (χ3n) is 4.81. The molecule has 3 heterocycles. The van der Waals surface area contributed by atoms with Crippen molar-refractivity contribution in [2.45, 2.75) is 46.7 Å². The number of hydrogen-bond donors (Lipinski definition) is 1. The van der Waals surface area contributed by atoms with Crippen molar-refractivity contribution in [2.24, 2.45) is 0 Å². The highest BCUT2D eigenvalue weighted by Gasteiger charge is 2.25. The Hall–Kier alpha value is -3.21. The molecule has 0 saturated heterocycles. The van der Waals surface area contributed by atoms with Crippen molar-refractivity contribution in [1.82, 2.24) is 14.1 Å². The molecule has 2 aromatic heterocycles. The highest BCUT2D eigenvalue weighted by Crippen LogP contribution is 2.19. The number of ketones is 2. The molecule has 1 N–H and O–H groups in total. The zero-order chi connectivity index (χ0) is 19.2. The van der Waals surface area contributed by atoms with Crippen LogP contribution in [0.4, 0.5) is 0 Å². The van der Waals surface area contributed by atoms with Crippen LogP contribution in [0, 0.1) is 25.2 Å². The molecule has 0 atom stereocenters. The maximum absolute atomic E-state index is 12.7. The minimum Gasteiger partial charge on any atom is -0.355 e. The van der Waals surface area contributed by atoms with Crippen LogP contribution in [0.1, 0.15) is 56.7 Å². The molecular weight excluding hydrogens is 336 g/mol. The van der Waals surface area contributed by atoms with E-state index in [4.69, 9.17) is 0 Å².